The Morgan fingerprint density at radius 1 is 1.44 bits per heavy atom. The molecule has 5 N–H and O–H groups in total. The third-order valence-corrected chi connectivity index (χ3v) is 3.53. The summed E-state index contributed by atoms with van der Waals surface area (Å²) in [7, 11) is -3.72. The molecule has 0 atom stereocenters. The zero-order valence-electron chi connectivity index (χ0n) is 8.10. The average Bonchev–Trinajstić information content (AvgIpc) is 2.19. The predicted octanol–water partition coefficient (Wildman–Crippen LogP) is -0.164. The fourth-order valence-corrected chi connectivity index (χ4v) is 2.38. The highest BCUT2D eigenvalue weighted by atomic mass is 127. The summed E-state index contributed by atoms with van der Waals surface area (Å²) in [6, 6.07) is 4.17. The number of benzene rings is 1. The van der Waals surface area contributed by atoms with Gasteiger partial charge in [-0.3, -0.25) is 4.79 Å². The number of halogens is 1. The molecule has 0 aliphatic rings. The molecule has 8 heteroatoms. The second-order valence-electron chi connectivity index (χ2n) is 2.94. The van der Waals surface area contributed by atoms with Gasteiger partial charge in [0.2, 0.25) is 15.9 Å². The summed E-state index contributed by atoms with van der Waals surface area (Å²) in [6.07, 6.45) is 0. The van der Waals surface area contributed by atoms with Gasteiger partial charge in [0.1, 0.15) is 0 Å². The third-order valence-electron chi connectivity index (χ3n) is 1.73. The van der Waals surface area contributed by atoms with E-state index in [0.29, 0.717) is 9.26 Å². The zero-order valence-corrected chi connectivity index (χ0v) is 11.1. The Kier molecular flexibility index (Phi) is 4.24. The van der Waals surface area contributed by atoms with Crippen LogP contribution in [0.25, 0.3) is 0 Å². The van der Waals surface area contributed by atoms with E-state index in [1.165, 1.54) is 18.2 Å². The Bertz CT molecular complexity index is 515. The number of hydrogen-bond donors (Lipinski definition) is 3. The van der Waals surface area contributed by atoms with Crippen LogP contribution < -0.4 is 16.2 Å². The number of nitrogens with two attached hydrogens (primary N) is 2. The first-order valence-electron chi connectivity index (χ1n) is 4.17. The van der Waals surface area contributed by atoms with Gasteiger partial charge >= 0.3 is 0 Å². The maximum Gasteiger partial charge on any atom is 0.238 e. The van der Waals surface area contributed by atoms with Crippen LogP contribution in [0.3, 0.4) is 0 Å². The normalized spacial score (nSPS) is 11.2. The number of carbonyl (C=O) groups excluding carboxylic acids is 1. The van der Waals surface area contributed by atoms with Crippen LogP contribution in [0.4, 0.5) is 5.69 Å². The molecule has 1 amide bonds. The number of sulfonamides is 1. The number of nitrogens with one attached hydrogen (secondary N) is 1. The minimum absolute atomic E-state index is 0.00245. The predicted molar refractivity (Wildman–Crippen MR) is 68.2 cm³/mol. The first-order chi connectivity index (χ1) is 7.34. The van der Waals surface area contributed by atoms with Gasteiger partial charge in [0.25, 0.3) is 0 Å². The number of anilines is 1. The van der Waals surface area contributed by atoms with Crippen LogP contribution in [-0.4, -0.2) is 20.9 Å². The fraction of sp³-hybridized carbons (Fsp3) is 0.125. The summed E-state index contributed by atoms with van der Waals surface area (Å²) in [4.78, 5) is 11.0. The quantitative estimate of drug-likeness (QED) is 0.653. The molecule has 0 spiro atoms. The van der Waals surface area contributed by atoms with Crippen molar-refractivity contribution in [3.63, 3.8) is 0 Å². The Morgan fingerprint density at radius 2 is 2.06 bits per heavy atom. The van der Waals surface area contributed by atoms with E-state index in [4.69, 9.17) is 10.9 Å². The summed E-state index contributed by atoms with van der Waals surface area (Å²) < 4.78 is 22.7. The number of primary sulfonamides is 1. The molecule has 0 radical (unpaired) electrons. The van der Waals surface area contributed by atoms with Crippen LogP contribution in [0, 0.1) is 3.57 Å². The molecule has 88 valence electrons. The second-order valence-corrected chi connectivity index (χ2v) is 5.66. The smallest absolute Gasteiger partial charge is 0.238 e. The number of carbonyl (C=O) groups is 1. The third kappa shape index (κ3) is 3.40. The molecule has 0 aliphatic heterocycles. The first kappa shape index (κ1) is 13.4. The lowest BCUT2D eigenvalue weighted by atomic mass is 10.3. The van der Waals surface area contributed by atoms with Crippen molar-refractivity contribution in [2.45, 2.75) is 4.90 Å². The molecule has 0 heterocycles. The maximum absolute atomic E-state index is 11.0. The molecule has 0 fully saturated rings. The molecule has 6 nitrogen and oxygen atoms in total. The first-order valence-corrected chi connectivity index (χ1v) is 6.79. The van der Waals surface area contributed by atoms with Crippen molar-refractivity contribution in [2.75, 3.05) is 11.9 Å². The van der Waals surface area contributed by atoms with Crippen LogP contribution >= 0.6 is 22.6 Å². The maximum atomic E-state index is 11.0. The lowest BCUT2D eigenvalue weighted by Gasteiger charge is -2.07. The highest BCUT2D eigenvalue weighted by Crippen LogP contribution is 2.21. The molecule has 0 unspecified atom stereocenters. The van der Waals surface area contributed by atoms with Gasteiger partial charge in [0.15, 0.2) is 0 Å². The molecule has 1 aromatic carbocycles. The number of rotatable bonds is 3. The summed E-state index contributed by atoms with van der Waals surface area (Å²) in [5.74, 6) is -0.346. The molecule has 16 heavy (non-hydrogen) atoms. The molecule has 0 saturated heterocycles. The Balaban J connectivity index is 3.06. The van der Waals surface area contributed by atoms with Crippen molar-refractivity contribution >= 4 is 44.2 Å². The standard InChI is InChI=1S/C8H10IN3O3S/c9-6-3-5(16(11,14)15)1-2-7(6)12-8(13)4-10/h1-3H,4,10H2,(H,12,13)(H2,11,14,15). The van der Waals surface area contributed by atoms with Crippen molar-refractivity contribution in [1.82, 2.24) is 0 Å². The van der Waals surface area contributed by atoms with Crippen LogP contribution in [0.5, 0.6) is 0 Å². The second kappa shape index (κ2) is 5.08. The van der Waals surface area contributed by atoms with Crippen LogP contribution in [0.15, 0.2) is 23.1 Å². The molecule has 0 aromatic heterocycles. The van der Waals surface area contributed by atoms with Gasteiger partial charge in [0.05, 0.1) is 17.1 Å². The molecule has 0 bridgehead atoms. The van der Waals surface area contributed by atoms with Gasteiger partial charge in [0, 0.05) is 3.57 Å². The van der Waals surface area contributed by atoms with Crippen molar-refractivity contribution in [3.8, 4) is 0 Å². The van der Waals surface area contributed by atoms with Crippen molar-refractivity contribution in [3.05, 3.63) is 21.8 Å². The van der Waals surface area contributed by atoms with E-state index in [2.05, 4.69) is 5.32 Å². The van der Waals surface area contributed by atoms with Crippen LogP contribution in [0.2, 0.25) is 0 Å². The largest absolute Gasteiger partial charge is 0.324 e. The Labute approximate surface area is 107 Å². The van der Waals surface area contributed by atoms with E-state index >= 15 is 0 Å². The minimum Gasteiger partial charge on any atom is -0.324 e. The molecule has 1 rings (SSSR count). The fourth-order valence-electron chi connectivity index (χ4n) is 0.975. The average molecular weight is 355 g/mol. The molecule has 0 saturated carbocycles. The van der Waals surface area contributed by atoms with Gasteiger partial charge in [-0.1, -0.05) is 0 Å². The molecule has 1 aromatic rings. The SMILES string of the molecule is NCC(=O)Nc1ccc(S(N)(=O)=O)cc1I. The van der Waals surface area contributed by atoms with Gasteiger partial charge in [-0.05, 0) is 40.8 Å². The van der Waals surface area contributed by atoms with E-state index in [0.717, 1.165) is 0 Å². The van der Waals surface area contributed by atoms with E-state index < -0.39 is 10.0 Å². The van der Waals surface area contributed by atoms with E-state index in [9.17, 15) is 13.2 Å². The lowest BCUT2D eigenvalue weighted by Crippen LogP contribution is -2.22. The van der Waals surface area contributed by atoms with E-state index in [-0.39, 0.29) is 17.3 Å². The minimum atomic E-state index is -3.72. The van der Waals surface area contributed by atoms with E-state index in [1.807, 2.05) is 22.6 Å². The van der Waals surface area contributed by atoms with Crippen molar-refractivity contribution < 1.29 is 13.2 Å². The highest BCUT2D eigenvalue weighted by molar-refractivity contribution is 14.1. The van der Waals surface area contributed by atoms with Crippen LogP contribution in [-0.2, 0) is 14.8 Å². The van der Waals surface area contributed by atoms with E-state index in [1.54, 1.807) is 0 Å². The molecule has 0 aliphatic carbocycles. The van der Waals surface area contributed by atoms with Gasteiger partial charge in [-0.25, -0.2) is 13.6 Å². The summed E-state index contributed by atoms with van der Waals surface area (Å²) in [6.45, 7) is -0.132. The number of amides is 1. The molecular weight excluding hydrogens is 345 g/mol. The van der Waals surface area contributed by atoms with Gasteiger partial charge in [-0.15, -0.1) is 0 Å². The summed E-state index contributed by atoms with van der Waals surface area (Å²) >= 11 is 1.90. The van der Waals surface area contributed by atoms with Gasteiger partial charge in [-0.2, -0.15) is 0 Å². The zero-order chi connectivity index (χ0) is 12.3. The lowest BCUT2D eigenvalue weighted by molar-refractivity contribution is -0.114. The monoisotopic (exact) mass is 355 g/mol. The highest BCUT2D eigenvalue weighted by Gasteiger charge is 2.11. The Morgan fingerprint density at radius 3 is 2.50 bits per heavy atom. The topological polar surface area (TPSA) is 115 Å². The van der Waals surface area contributed by atoms with Crippen molar-refractivity contribution in [1.29, 1.82) is 0 Å². The van der Waals surface area contributed by atoms with Crippen LogP contribution in [0.1, 0.15) is 0 Å². The molecular formula is C8H10IN3O3S. The van der Waals surface area contributed by atoms with Gasteiger partial charge < -0.3 is 11.1 Å². The number of hydrogen-bond acceptors (Lipinski definition) is 4. The summed E-state index contributed by atoms with van der Waals surface area (Å²) in [5.41, 5.74) is 5.64. The van der Waals surface area contributed by atoms with Crippen molar-refractivity contribution in [2.24, 2.45) is 10.9 Å². The Hall–Kier alpha value is -0.710. The summed E-state index contributed by atoms with van der Waals surface area (Å²) in [5, 5.41) is 7.50.